The number of Topliss-reactive ketones (excluding diaryl/α,β-unsaturated/α-hetero) is 1. The SMILES string of the molecule is CC(=O)c1ccc[n+]([C@@H]2O[C@H](COP(=O)([O-])OP(=O)(O)OC[C@H]3O[C@@H](n4cnc5c(=O)[nH]cnc54)[C@H](O)[C@@H]3O)[C@@H](O)[C@H]2O)c1. The average Bonchev–Trinajstić information content (AvgIpc) is 3.61. The van der Waals surface area contributed by atoms with Crippen LogP contribution < -0.4 is 15.0 Å². The van der Waals surface area contributed by atoms with Gasteiger partial charge in [0.05, 0.1) is 31.4 Å². The van der Waals surface area contributed by atoms with Crippen molar-refractivity contribution in [3.05, 3.63) is 53.1 Å². The number of pyridine rings is 1. The molecular formula is C22H27N5O15P2. The zero-order chi connectivity index (χ0) is 32.0. The zero-order valence-electron chi connectivity index (χ0n) is 22.5. The van der Waals surface area contributed by atoms with E-state index in [-0.39, 0.29) is 22.5 Å². The van der Waals surface area contributed by atoms with Gasteiger partial charge in [0.2, 0.25) is 0 Å². The number of carbonyl (C=O) groups is 1. The highest BCUT2D eigenvalue weighted by Gasteiger charge is 2.49. The number of phosphoric acid groups is 2. The number of ether oxygens (including phenoxy) is 2. The van der Waals surface area contributed by atoms with Crippen LogP contribution in [0.15, 0.2) is 42.0 Å². The number of imidazole rings is 1. The van der Waals surface area contributed by atoms with Crippen molar-refractivity contribution in [1.29, 1.82) is 0 Å². The molecule has 20 nitrogen and oxygen atoms in total. The first-order chi connectivity index (χ1) is 20.7. The van der Waals surface area contributed by atoms with E-state index in [0.717, 1.165) is 17.2 Å². The van der Waals surface area contributed by atoms with Crippen molar-refractivity contribution in [3.8, 4) is 0 Å². The number of aromatic nitrogens is 5. The molecule has 22 heteroatoms. The van der Waals surface area contributed by atoms with E-state index in [9.17, 15) is 48.9 Å². The quantitative estimate of drug-likeness (QED) is 0.0684. The molecule has 0 amide bonds. The molecule has 0 aromatic carbocycles. The van der Waals surface area contributed by atoms with Crippen LogP contribution in [-0.2, 0) is 32.0 Å². The fourth-order valence-corrected chi connectivity index (χ4v) is 6.68. The highest BCUT2D eigenvalue weighted by Crippen LogP contribution is 2.58. The van der Waals surface area contributed by atoms with Crippen LogP contribution in [0.25, 0.3) is 11.2 Å². The van der Waals surface area contributed by atoms with Gasteiger partial charge in [-0.25, -0.2) is 18.8 Å². The second-order valence-electron chi connectivity index (χ2n) is 9.83. The van der Waals surface area contributed by atoms with Crippen LogP contribution in [0.2, 0.25) is 0 Å². The minimum absolute atomic E-state index is 0.00514. The number of fused-ring (bicyclic) bond motifs is 1. The maximum Gasteiger partial charge on any atom is 0.478 e. The number of aromatic amines is 1. The van der Waals surface area contributed by atoms with Crippen molar-refractivity contribution in [2.45, 2.75) is 56.0 Å². The summed E-state index contributed by atoms with van der Waals surface area (Å²) in [6.45, 7) is -0.574. The number of nitrogens with one attached hydrogen (secondary N) is 1. The predicted octanol–water partition coefficient (Wildman–Crippen LogP) is -2.83. The molecule has 5 rings (SSSR count). The number of ketones is 1. The van der Waals surface area contributed by atoms with Gasteiger partial charge in [-0.1, -0.05) is 0 Å². The number of hydrogen-bond acceptors (Lipinski definition) is 16. The first-order valence-electron chi connectivity index (χ1n) is 12.8. The second kappa shape index (κ2) is 12.5. The van der Waals surface area contributed by atoms with E-state index in [0.29, 0.717) is 0 Å². The van der Waals surface area contributed by atoms with E-state index in [4.69, 9.17) is 9.47 Å². The van der Waals surface area contributed by atoms with E-state index in [1.54, 1.807) is 0 Å². The van der Waals surface area contributed by atoms with Gasteiger partial charge in [-0.15, -0.1) is 0 Å². The lowest BCUT2D eigenvalue weighted by molar-refractivity contribution is -0.765. The number of rotatable bonds is 11. The Bertz CT molecular complexity index is 1680. The third-order valence-corrected chi connectivity index (χ3v) is 9.40. The van der Waals surface area contributed by atoms with Crippen LogP contribution in [0.3, 0.4) is 0 Å². The summed E-state index contributed by atoms with van der Waals surface area (Å²) in [6.07, 6.45) is -7.09. The molecule has 2 fully saturated rings. The maximum atomic E-state index is 12.4. The van der Waals surface area contributed by atoms with Crippen molar-refractivity contribution in [3.63, 3.8) is 0 Å². The summed E-state index contributed by atoms with van der Waals surface area (Å²) in [7, 11) is -11.1. The summed E-state index contributed by atoms with van der Waals surface area (Å²) in [6, 6.07) is 3.01. The molecule has 2 aliphatic heterocycles. The molecular weight excluding hydrogens is 636 g/mol. The molecule has 6 N–H and O–H groups in total. The van der Waals surface area contributed by atoms with E-state index >= 15 is 0 Å². The fourth-order valence-electron chi connectivity index (χ4n) is 4.62. The highest BCUT2D eigenvalue weighted by molar-refractivity contribution is 7.60. The first kappa shape index (κ1) is 32.6. The lowest BCUT2D eigenvalue weighted by Crippen LogP contribution is -2.46. The van der Waals surface area contributed by atoms with Gasteiger partial charge in [0, 0.05) is 6.07 Å². The normalized spacial score (nSPS) is 31.6. The number of nitrogens with zero attached hydrogens (tertiary/aromatic N) is 4. The van der Waals surface area contributed by atoms with Crippen LogP contribution in [0, 0.1) is 0 Å². The molecule has 0 bridgehead atoms. The zero-order valence-corrected chi connectivity index (χ0v) is 24.3. The second-order valence-corrected chi connectivity index (χ2v) is 12.8. The molecule has 0 aliphatic carbocycles. The fraction of sp³-hybridized carbons (Fsp3) is 0.500. The molecule has 2 saturated heterocycles. The molecule has 3 aromatic heterocycles. The Labute approximate surface area is 246 Å². The smallest absolute Gasteiger partial charge is 0.478 e. The van der Waals surface area contributed by atoms with E-state index in [1.807, 2.05) is 0 Å². The molecule has 5 heterocycles. The monoisotopic (exact) mass is 663 g/mol. The summed E-state index contributed by atoms with van der Waals surface area (Å²) in [5.74, 6) is -0.278. The minimum Gasteiger partial charge on any atom is -0.756 e. The summed E-state index contributed by atoms with van der Waals surface area (Å²) in [5.41, 5.74) is -0.380. The van der Waals surface area contributed by atoms with Gasteiger partial charge in [-0.05, 0) is 13.0 Å². The lowest BCUT2D eigenvalue weighted by atomic mass is 10.1. The van der Waals surface area contributed by atoms with Crippen molar-refractivity contribution >= 4 is 32.6 Å². The van der Waals surface area contributed by atoms with Crippen LogP contribution in [-0.4, -0.2) is 100 Å². The molecule has 0 saturated carbocycles. The lowest BCUT2D eigenvalue weighted by Gasteiger charge is -2.26. The van der Waals surface area contributed by atoms with Crippen molar-refractivity contribution in [2.75, 3.05) is 13.2 Å². The molecule has 44 heavy (non-hydrogen) atoms. The van der Waals surface area contributed by atoms with E-state index in [2.05, 4.69) is 28.3 Å². The van der Waals surface area contributed by atoms with Gasteiger partial charge >= 0.3 is 7.82 Å². The minimum atomic E-state index is -5.62. The van der Waals surface area contributed by atoms with Gasteiger partial charge in [0.25, 0.3) is 19.6 Å². The van der Waals surface area contributed by atoms with Gasteiger partial charge in [0.15, 0.2) is 41.7 Å². The largest absolute Gasteiger partial charge is 0.756 e. The van der Waals surface area contributed by atoms with Gasteiger partial charge < -0.3 is 49.2 Å². The topological polar surface area (TPSA) is 289 Å². The Morgan fingerprint density at radius 1 is 1.09 bits per heavy atom. The molecule has 2 unspecified atom stereocenters. The van der Waals surface area contributed by atoms with Crippen LogP contribution in [0.4, 0.5) is 0 Å². The Morgan fingerprint density at radius 2 is 1.77 bits per heavy atom. The number of carbonyl (C=O) groups excluding carboxylic acids is 1. The molecule has 240 valence electrons. The van der Waals surface area contributed by atoms with Gasteiger partial charge in [0.1, 0.15) is 30.5 Å². The summed E-state index contributed by atoms with van der Waals surface area (Å²) < 4.78 is 51.5. The van der Waals surface area contributed by atoms with Crippen molar-refractivity contribution < 1.29 is 71.5 Å². The van der Waals surface area contributed by atoms with Crippen LogP contribution in [0.1, 0.15) is 29.7 Å². The Morgan fingerprint density at radius 3 is 2.50 bits per heavy atom. The third-order valence-electron chi connectivity index (χ3n) is 6.84. The Balaban J connectivity index is 1.16. The standard InChI is InChI=1S/C22H27N5O15P2/c1-10(28)11-3-2-4-26(5-11)21-17(31)15(29)12(40-21)6-38-43(34,35)42-44(36,37)39-7-13-16(30)18(32)22(41-13)27-9-25-14-19(27)23-8-24-20(14)33/h2-5,8-9,12-13,15-18,21-22,29-32H,6-7H2,1H3,(H2-,23,24,33,34,35,36,37)/t12-,13-,15-,16-,17-,18-,21-,22-/m1/s1. The number of aliphatic hydroxyl groups is 4. The Kier molecular flexibility index (Phi) is 9.28. The number of H-pyrrole nitrogens is 1. The number of aliphatic hydroxyl groups excluding tert-OH is 4. The molecule has 10 atom stereocenters. The van der Waals surface area contributed by atoms with Gasteiger partial charge in [-0.2, -0.15) is 4.57 Å². The van der Waals surface area contributed by atoms with Crippen molar-refractivity contribution in [1.82, 2.24) is 19.5 Å². The number of phosphoric ester groups is 2. The molecule has 2 aliphatic rings. The van der Waals surface area contributed by atoms with Crippen LogP contribution in [0.5, 0.6) is 0 Å². The predicted molar refractivity (Wildman–Crippen MR) is 137 cm³/mol. The summed E-state index contributed by atoms with van der Waals surface area (Å²) >= 11 is 0. The molecule has 0 spiro atoms. The van der Waals surface area contributed by atoms with Crippen LogP contribution >= 0.6 is 15.6 Å². The van der Waals surface area contributed by atoms with E-state index < -0.39 is 83.5 Å². The molecule has 3 aromatic rings. The van der Waals surface area contributed by atoms with Crippen molar-refractivity contribution in [2.24, 2.45) is 0 Å². The highest BCUT2D eigenvalue weighted by atomic mass is 31.3. The number of hydrogen-bond donors (Lipinski definition) is 6. The Hall–Kier alpha value is -2.81. The first-order valence-corrected chi connectivity index (χ1v) is 15.7. The summed E-state index contributed by atoms with van der Waals surface area (Å²) in [5, 5.41) is 41.5. The third kappa shape index (κ3) is 6.73. The van der Waals surface area contributed by atoms with Gasteiger partial charge in [-0.3, -0.25) is 23.2 Å². The maximum absolute atomic E-state index is 12.4. The van der Waals surface area contributed by atoms with E-state index in [1.165, 1.54) is 36.0 Å². The molecule has 0 radical (unpaired) electrons. The summed E-state index contributed by atoms with van der Waals surface area (Å²) in [4.78, 5) is 55.9. The average molecular weight is 663 g/mol.